The Labute approximate surface area is 132 Å². The van der Waals surface area contributed by atoms with Gasteiger partial charge < -0.3 is 15.2 Å². The van der Waals surface area contributed by atoms with Crippen LogP contribution in [0.5, 0.6) is 5.75 Å². The van der Waals surface area contributed by atoms with E-state index in [4.69, 9.17) is 9.84 Å². The van der Waals surface area contributed by atoms with Crippen molar-refractivity contribution < 1.29 is 14.6 Å². The maximum absolute atomic E-state index is 10.7. The van der Waals surface area contributed by atoms with E-state index in [-0.39, 0.29) is 12.1 Å². The van der Waals surface area contributed by atoms with Gasteiger partial charge in [-0.05, 0) is 44.4 Å². The molecule has 1 aromatic rings. The molecule has 1 heterocycles. The van der Waals surface area contributed by atoms with E-state index in [2.05, 4.69) is 49.2 Å². The Morgan fingerprint density at radius 2 is 2.23 bits per heavy atom. The lowest BCUT2D eigenvalue weighted by Gasteiger charge is -2.25. The van der Waals surface area contributed by atoms with E-state index in [9.17, 15) is 4.79 Å². The molecule has 0 unspecified atom stereocenters. The van der Waals surface area contributed by atoms with Crippen LogP contribution < -0.4 is 10.1 Å². The van der Waals surface area contributed by atoms with Crippen LogP contribution in [0.25, 0.3) is 0 Å². The molecule has 22 heavy (non-hydrogen) atoms. The quantitative estimate of drug-likeness (QED) is 0.804. The second-order valence-electron chi connectivity index (χ2n) is 6.45. The summed E-state index contributed by atoms with van der Waals surface area (Å²) in [4.78, 5) is 13.0. The molecule has 0 aromatic heterocycles. The van der Waals surface area contributed by atoms with Gasteiger partial charge in [0, 0.05) is 25.2 Å². The van der Waals surface area contributed by atoms with Gasteiger partial charge >= 0.3 is 5.97 Å². The number of hydrogen-bond acceptors (Lipinski definition) is 4. The molecular weight excluding hydrogens is 280 g/mol. The number of carboxylic acids is 1. The minimum atomic E-state index is -0.807. The van der Waals surface area contributed by atoms with Crippen molar-refractivity contribution in [3.05, 3.63) is 29.3 Å². The van der Waals surface area contributed by atoms with E-state index in [1.54, 1.807) is 0 Å². The van der Waals surface area contributed by atoms with Gasteiger partial charge in [-0.1, -0.05) is 12.1 Å². The van der Waals surface area contributed by atoms with E-state index >= 15 is 0 Å². The number of aliphatic carboxylic acids is 1. The molecule has 2 N–H and O–H groups in total. The van der Waals surface area contributed by atoms with Crippen LogP contribution in [0.15, 0.2) is 18.2 Å². The Morgan fingerprint density at radius 1 is 1.45 bits per heavy atom. The summed E-state index contributed by atoms with van der Waals surface area (Å²) in [6.07, 6.45) is 0.962. The molecule has 1 saturated heterocycles. The van der Waals surface area contributed by atoms with Crippen LogP contribution in [0.4, 0.5) is 0 Å². The maximum Gasteiger partial charge on any atom is 0.317 e. The summed E-state index contributed by atoms with van der Waals surface area (Å²) in [5.41, 5.74) is 2.24. The molecule has 1 atom stereocenters. The standard InChI is InChI=1S/C17H26N2O3/c1-13-4-5-14(2)15(10-13)22-9-8-19-7-6-17(3,12-19)18-11-16(20)21/h4-5,10,18H,6-9,11-12H2,1-3H3,(H,20,21)/t17-/m0/s1. The number of hydrogen-bond donors (Lipinski definition) is 2. The molecule has 0 bridgehead atoms. The summed E-state index contributed by atoms with van der Waals surface area (Å²) in [7, 11) is 0. The number of carbonyl (C=O) groups is 1. The fraction of sp³-hybridized carbons (Fsp3) is 0.588. The third-order valence-corrected chi connectivity index (χ3v) is 4.23. The molecule has 0 radical (unpaired) electrons. The predicted octanol–water partition coefficient (Wildman–Crippen LogP) is 1.82. The number of ether oxygens (including phenoxy) is 1. The summed E-state index contributed by atoms with van der Waals surface area (Å²) in [5, 5.41) is 11.9. The van der Waals surface area contributed by atoms with Gasteiger partial charge in [-0.2, -0.15) is 0 Å². The van der Waals surface area contributed by atoms with E-state index < -0.39 is 5.97 Å². The third-order valence-electron chi connectivity index (χ3n) is 4.23. The highest BCUT2D eigenvalue weighted by Gasteiger charge is 2.33. The Balaban J connectivity index is 1.76. The lowest BCUT2D eigenvalue weighted by Crippen LogP contribution is -2.47. The zero-order valence-corrected chi connectivity index (χ0v) is 13.7. The summed E-state index contributed by atoms with van der Waals surface area (Å²) < 4.78 is 5.89. The average molecular weight is 306 g/mol. The normalized spacial score (nSPS) is 22.0. The van der Waals surface area contributed by atoms with Gasteiger partial charge in [-0.3, -0.25) is 9.69 Å². The highest BCUT2D eigenvalue weighted by molar-refractivity contribution is 5.69. The van der Waals surface area contributed by atoms with Crippen molar-refractivity contribution in [1.82, 2.24) is 10.2 Å². The Bertz CT molecular complexity index is 533. The first-order chi connectivity index (χ1) is 10.4. The summed E-state index contributed by atoms with van der Waals surface area (Å²) in [5.74, 6) is 0.142. The van der Waals surface area contributed by atoms with Crippen LogP contribution in [-0.4, -0.2) is 54.3 Å². The van der Waals surface area contributed by atoms with Gasteiger partial charge in [-0.25, -0.2) is 0 Å². The number of nitrogens with one attached hydrogen (secondary N) is 1. The molecule has 5 nitrogen and oxygen atoms in total. The summed E-state index contributed by atoms with van der Waals surface area (Å²) in [6.45, 7) is 9.56. The minimum absolute atomic E-state index is 0.0172. The number of aryl methyl sites for hydroxylation is 2. The van der Waals surface area contributed by atoms with Crippen molar-refractivity contribution in [2.75, 3.05) is 32.8 Å². The molecule has 0 aliphatic carbocycles. The molecule has 122 valence electrons. The molecule has 0 amide bonds. The number of carboxylic acid groups (broad SMARTS) is 1. The van der Waals surface area contributed by atoms with Crippen molar-refractivity contribution in [3.63, 3.8) is 0 Å². The monoisotopic (exact) mass is 306 g/mol. The zero-order chi connectivity index (χ0) is 16.2. The van der Waals surface area contributed by atoms with E-state index in [1.807, 2.05) is 0 Å². The highest BCUT2D eigenvalue weighted by Crippen LogP contribution is 2.21. The fourth-order valence-corrected chi connectivity index (χ4v) is 2.83. The van der Waals surface area contributed by atoms with Crippen molar-refractivity contribution in [3.8, 4) is 5.75 Å². The fourth-order valence-electron chi connectivity index (χ4n) is 2.83. The van der Waals surface area contributed by atoms with Crippen LogP contribution in [0, 0.1) is 13.8 Å². The van der Waals surface area contributed by atoms with Crippen LogP contribution in [-0.2, 0) is 4.79 Å². The molecule has 1 aliphatic rings. The number of rotatable bonds is 7. The second kappa shape index (κ2) is 7.11. The summed E-state index contributed by atoms with van der Waals surface area (Å²) in [6, 6.07) is 6.23. The number of nitrogens with zero attached hydrogens (tertiary/aromatic N) is 1. The SMILES string of the molecule is Cc1ccc(C)c(OCCN2CC[C@](C)(NCC(=O)O)C2)c1. The molecule has 5 heteroatoms. The lowest BCUT2D eigenvalue weighted by atomic mass is 10.0. The molecule has 1 aliphatic heterocycles. The van der Waals surface area contributed by atoms with Gasteiger partial charge in [0.15, 0.2) is 0 Å². The van der Waals surface area contributed by atoms with E-state index in [1.165, 1.54) is 5.56 Å². The van der Waals surface area contributed by atoms with Crippen LogP contribution in [0.3, 0.4) is 0 Å². The van der Waals surface area contributed by atoms with Crippen molar-refractivity contribution >= 4 is 5.97 Å². The predicted molar refractivity (Wildman–Crippen MR) is 86.5 cm³/mol. The van der Waals surface area contributed by atoms with Crippen molar-refractivity contribution in [2.45, 2.75) is 32.7 Å². The third kappa shape index (κ3) is 4.71. The molecule has 0 saturated carbocycles. The van der Waals surface area contributed by atoms with Crippen LogP contribution in [0.1, 0.15) is 24.5 Å². The molecule has 1 fully saturated rings. The van der Waals surface area contributed by atoms with Gasteiger partial charge in [0.1, 0.15) is 12.4 Å². The van der Waals surface area contributed by atoms with Crippen LogP contribution in [0.2, 0.25) is 0 Å². The molecule has 1 aromatic carbocycles. The Hall–Kier alpha value is -1.59. The van der Waals surface area contributed by atoms with E-state index in [0.717, 1.165) is 37.4 Å². The summed E-state index contributed by atoms with van der Waals surface area (Å²) >= 11 is 0. The smallest absolute Gasteiger partial charge is 0.317 e. The Morgan fingerprint density at radius 3 is 2.95 bits per heavy atom. The van der Waals surface area contributed by atoms with Gasteiger partial charge in [0.05, 0.1) is 6.54 Å². The van der Waals surface area contributed by atoms with Crippen molar-refractivity contribution in [2.24, 2.45) is 0 Å². The van der Waals surface area contributed by atoms with Gasteiger partial charge in [0.25, 0.3) is 0 Å². The topological polar surface area (TPSA) is 61.8 Å². The maximum atomic E-state index is 10.7. The first kappa shape index (κ1) is 16.8. The zero-order valence-electron chi connectivity index (χ0n) is 13.7. The molecule has 0 spiro atoms. The van der Waals surface area contributed by atoms with Gasteiger partial charge in [-0.15, -0.1) is 0 Å². The first-order valence-corrected chi connectivity index (χ1v) is 7.77. The average Bonchev–Trinajstić information content (AvgIpc) is 2.83. The minimum Gasteiger partial charge on any atom is -0.492 e. The molecular formula is C17H26N2O3. The number of likely N-dealkylation sites (tertiary alicyclic amines) is 1. The largest absolute Gasteiger partial charge is 0.492 e. The van der Waals surface area contributed by atoms with Gasteiger partial charge in [0.2, 0.25) is 0 Å². The lowest BCUT2D eigenvalue weighted by molar-refractivity contribution is -0.136. The van der Waals surface area contributed by atoms with Crippen molar-refractivity contribution in [1.29, 1.82) is 0 Å². The molecule has 2 rings (SSSR count). The number of benzene rings is 1. The highest BCUT2D eigenvalue weighted by atomic mass is 16.5. The van der Waals surface area contributed by atoms with Crippen LogP contribution >= 0.6 is 0 Å². The Kier molecular flexibility index (Phi) is 5.42. The second-order valence-corrected chi connectivity index (χ2v) is 6.45. The van der Waals surface area contributed by atoms with E-state index in [0.29, 0.717) is 6.61 Å². The first-order valence-electron chi connectivity index (χ1n) is 7.77.